The predicted molar refractivity (Wildman–Crippen MR) is 131 cm³/mol. The number of carbonyl (C=O) groups is 1. The Balaban J connectivity index is 1.22. The van der Waals surface area contributed by atoms with E-state index in [0.29, 0.717) is 30.2 Å². The Bertz CT molecular complexity index is 1250. The Morgan fingerprint density at radius 1 is 1.14 bits per heavy atom. The number of nitro groups is 1. The molecule has 2 saturated heterocycles. The molecule has 1 amide bonds. The smallest absolute Gasteiger partial charge is 0.410 e. The Morgan fingerprint density at radius 3 is 2.57 bits per heavy atom. The van der Waals surface area contributed by atoms with Crippen molar-refractivity contribution in [1.82, 2.24) is 25.0 Å². The normalized spacial score (nSPS) is 17.5. The van der Waals surface area contributed by atoms with Gasteiger partial charge in [0.2, 0.25) is 0 Å². The number of benzene rings is 1. The molecule has 2 fully saturated rings. The van der Waals surface area contributed by atoms with E-state index in [1.807, 2.05) is 32.9 Å². The highest BCUT2D eigenvalue weighted by atomic mass is 16.6. The molecule has 0 radical (unpaired) electrons. The second-order valence-corrected chi connectivity index (χ2v) is 10.0. The lowest BCUT2D eigenvalue weighted by molar-refractivity contribution is -0.384. The average Bonchev–Trinajstić information content (AvgIpc) is 3.21. The molecule has 0 atom stereocenters. The van der Waals surface area contributed by atoms with E-state index in [0.717, 1.165) is 43.1 Å². The van der Waals surface area contributed by atoms with Crippen molar-refractivity contribution in [3.05, 3.63) is 46.6 Å². The van der Waals surface area contributed by atoms with Crippen LogP contribution in [0.5, 0.6) is 0 Å². The molecule has 184 valence electrons. The van der Waals surface area contributed by atoms with Crippen LogP contribution >= 0.6 is 0 Å². The molecule has 1 N–H and O–H groups in total. The number of aromatic amines is 1. The molecule has 2 aliphatic rings. The van der Waals surface area contributed by atoms with E-state index < -0.39 is 10.5 Å². The fourth-order valence-electron chi connectivity index (χ4n) is 4.55. The summed E-state index contributed by atoms with van der Waals surface area (Å²) in [7, 11) is 0. The average molecular weight is 480 g/mol. The fourth-order valence-corrected chi connectivity index (χ4v) is 4.55. The Kier molecular flexibility index (Phi) is 5.79. The van der Waals surface area contributed by atoms with E-state index in [4.69, 9.17) is 4.74 Å². The summed E-state index contributed by atoms with van der Waals surface area (Å²) in [5.41, 5.74) is 1.83. The van der Waals surface area contributed by atoms with Crippen molar-refractivity contribution in [3.63, 3.8) is 0 Å². The number of rotatable bonds is 4. The second kappa shape index (κ2) is 8.81. The van der Waals surface area contributed by atoms with Crippen LogP contribution in [0.3, 0.4) is 0 Å². The number of aromatic nitrogens is 3. The summed E-state index contributed by atoms with van der Waals surface area (Å²) in [5, 5.41) is 19.3. The number of hydrogen-bond acceptors (Lipinski definition) is 8. The summed E-state index contributed by atoms with van der Waals surface area (Å²) in [6, 6.07) is 8.90. The van der Waals surface area contributed by atoms with Crippen molar-refractivity contribution in [2.45, 2.75) is 32.4 Å². The number of piperazine rings is 1. The summed E-state index contributed by atoms with van der Waals surface area (Å²) in [6.45, 7) is 10.4. The van der Waals surface area contributed by atoms with Crippen LogP contribution < -0.4 is 4.90 Å². The number of nitro benzene ring substituents is 1. The van der Waals surface area contributed by atoms with Crippen LogP contribution in [0.15, 0.2) is 36.5 Å². The third-order valence-electron chi connectivity index (χ3n) is 6.44. The number of nitrogens with one attached hydrogen (secondary N) is 1. The molecule has 5 rings (SSSR count). The van der Waals surface area contributed by atoms with Crippen molar-refractivity contribution < 1.29 is 14.5 Å². The number of non-ortho nitro benzene ring substituents is 1. The first-order chi connectivity index (χ1) is 16.7. The molecule has 1 aromatic carbocycles. The molecule has 0 aliphatic carbocycles. The number of pyridine rings is 1. The maximum Gasteiger partial charge on any atom is 0.410 e. The highest BCUT2D eigenvalue weighted by Crippen LogP contribution is 2.31. The lowest BCUT2D eigenvalue weighted by atomic mass is 10.1. The van der Waals surface area contributed by atoms with Gasteiger partial charge in [-0.15, -0.1) is 0 Å². The Morgan fingerprint density at radius 2 is 1.89 bits per heavy atom. The number of likely N-dealkylation sites (tertiary alicyclic amines) is 1. The van der Waals surface area contributed by atoms with Gasteiger partial charge in [0, 0.05) is 74.6 Å². The van der Waals surface area contributed by atoms with Gasteiger partial charge in [0.1, 0.15) is 17.1 Å². The lowest BCUT2D eigenvalue weighted by Crippen LogP contribution is -2.64. The molecule has 0 saturated carbocycles. The Labute approximate surface area is 202 Å². The predicted octanol–water partition coefficient (Wildman–Crippen LogP) is 3.27. The lowest BCUT2D eigenvalue weighted by Gasteiger charge is -2.48. The molecule has 4 heterocycles. The van der Waals surface area contributed by atoms with Gasteiger partial charge in [0.15, 0.2) is 0 Å². The summed E-state index contributed by atoms with van der Waals surface area (Å²) < 4.78 is 5.45. The Hall–Kier alpha value is -3.73. The van der Waals surface area contributed by atoms with E-state index >= 15 is 0 Å². The van der Waals surface area contributed by atoms with E-state index in [1.54, 1.807) is 23.2 Å². The van der Waals surface area contributed by atoms with Gasteiger partial charge in [0.05, 0.1) is 10.4 Å². The monoisotopic (exact) mass is 479 g/mol. The molecule has 11 heteroatoms. The molecule has 2 aromatic heterocycles. The molecule has 0 spiro atoms. The maximum atomic E-state index is 12.2. The summed E-state index contributed by atoms with van der Waals surface area (Å²) in [6.07, 6.45) is 1.50. The van der Waals surface area contributed by atoms with Gasteiger partial charge in [-0.05, 0) is 39.0 Å². The van der Waals surface area contributed by atoms with Gasteiger partial charge in [-0.1, -0.05) is 0 Å². The molecular formula is C24H29N7O4. The number of ether oxygens (including phenoxy) is 1. The van der Waals surface area contributed by atoms with Crippen LogP contribution in [0, 0.1) is 10.1 Å². The van der Waals surface area contributed by atoms with Gasteiger partial charge in [0.25, 0.3) is 5.69 Å². The summed E-state index contributed by atoms with van der Waals surface area (Å²) in [4.78, 5) is 34.0. The van der Waals surface area contributed by atoms with Crippen LogP contribution in [0.1, 0.15) is 20.8 Å². The standard InChI is InChI=1S/C24H29N7O4/c1-24(2,3)35-23(32)30-14-18(15-30)28-8-10-29(11-9-28)21-12-16(6-7-25-21)22-19-13-17(31(33)34)4-5-20(19)26-27-22/h4-7,12-13,18H,8-11,14-15H2,1-3H3,(H,26,27). The third kappa shape index (κ3) is 4.76. The molecule has 2 aliphatic heterocycles. The van der Waals surface area contributed by atoms with Crippen LogP contribution in [-0.2, 0) is 4.74 Å². The number of hydrogen-bond donors (Lipinski definition) is 1. The van der Waals surface area contributed by atoms with E-state index in [2.05, 4.69) is 25.0 Å². The maximum absolute atomic E-state index is 12.2. The van der Waals surface area contributed by atoms with Gasteiger partial charge < -0.3 is 14.5 Å². The van der Waals surface area contributed by atoms with Crippen LogP contribution in [0.4, 0.5) is 16.3 Å². The molecule has 35 heavy (non-hydrogen) atoms. The van der Waals surface area contributed by atoms with E-state index in [-0.39, 0.29) is 11.8 Å². The highest BCUT2D eigenvalue weighted by Gasteiger charge is 2.38. The van der Waals surface area contributed by atoms with Crippen molar-refractivity contribution in [1.29, 1.82) is 0 Å². The summed E-state index contributed by atoms with van der Waals surface area (Å²) >= 11 is 0. The van der Waals surface area contributed by atoms with Gasteiger partial charge in [-0.2, -0.15) is 5.10 Å². The zero-order valence-corrected chi connectivity index (χ0v) is 20.1. The zero-order chi connectivity index (χ0) is 24.7. The van der Waals surface area contributed by atoms with Crippen LogP contribution in [0.2, 0.25) is 0 Å². The topological polar surface area (TPSA) is 121 Å². The minimum absolute atomic E-state index is 0.0341. The highest BCUT2D eigenvalue weighted by molar-refractivity contribution is 5.94. The van der Waals surface area contributed by atoms with Gasteiger partial charge in [-0.25, -0.2) is 9.78 Å². The van der Waals surface area contributed by atoms with Gasteiger partial charge >= 0.3 is 6.09 Å². The number of fused-ring (bicyclic) bond motifs is 1. The number of amides is 1. The number of H-pyrrole nitrogens is 1. The first kappa shape index (κ1) is 23.0. The van der Waals surface area contributed by atoms with Crippen molar-refractivity contribution in [3.8, 4) is 11.3 Å². The quantitative estimate of drug-likeness (QED) is 0.447. The van der Waals surface area contributed by atoms with Crippen molar-refractivity contribution in [2.24, 2.45) is 0 Å². The second-order valence-electron chi connectivity index (χ2n) is 10.0. The molecule has 0 unspecified atom stereocenters. The minimum Gasteiger partial charge on any atom is -0.444 e. The number of anilines is 1. The van der Waals surface area contributed by atoms with Crippen molar-refractivity contribution >= 4 is 28.5 Å². The third-order valence-corrected chi connectivity index (χ3v) is 6.44. The summed E-state index contributed by atoms with van der Waals surface area (Å²) in [5.74, 6) is 0.854. The number of carbonyl (C=O) groups excluding carboxylic acids is 1. The first-order valence-electron chi connectivity index (χ1n) is 11.7. The largest absolute Gasteiger partial charge is 0.444 e. The molecule has 3 aromatic rings. The minimum atomic E-state index is -0.480. The van der Waals surface area contributed by atoms with Crippen LogP contribution in [0.25, 0.3) is 22.2 Å². The van der Waals surface area contributed by atoms with Gasteiger partial charge in [-0.3, -0.25) is 20.1 Å². The first-order valence-corrected chi connectivity index (χ1v) is 11.7. The van der Waals surface area contributed by atoms with Crippen molar-refractivity contribution in [2.75, 3.05) is 44.2 Å². The molecule has 0 bridgehead atoms. The number of nitrogens with zero attached hydrogens (tertiary/aromatic N) is 6. The zero-order valence-electron chi connectivity index (χ0n) is 20.1. The molecular weight excluding hydrogens is 450 g/mol. The molecule has 11 nitrogen and oxygen atoms in total. The SMILES string of the molecule is CC(C)(C)OC(=O)N1CC(N2CCN(c3cc(-c4n[nH]c5ccc([N+](=O)[O-])cc45)ccn3)CC2)C1. The van der Waals surface area contributed by atoms with E-state index in [9.17, 15) is 14.9 Å². The fraction of sp³-hybridized carbons (Fsp3) is 0.458. The van der Waals surface area contributed by atoms with E-state index in [1.165, 1.54) is 6.07 Å². The van der Waals surface area contributed by atoms with Crippen LogP contribution in [-0.4, -0.2) is 86.9 Å².